The van der Waals surface area contributed by atoms with E-state index in [2.05, 4.69) is 29.5 Å². The third kappa shape index (κ3) is 4.92. The fourth-order valence-electron chi connectivity index (χ4n) is 3.04. The van der Waals surface area contributed by atoms with Crippen LogP contribution in [0.25, 0.3) is 0 Å². The van der Waals surface area contributed by atoms with Crippen molar-refractivity contribution in [2.24, 2.45) is 0 Å². The van der Waals surface area contributed by atoms with E-state index in [4.69, 9.17) is 16.3 Å². The van der Waals surface area contributed by atoms with Crippen LogP contribution in [-0.2, 0) is 0 Å². The Balaban J connectivity index is 2.58. The van der Waals surface area contributed by atoms with E-state index < -0.39 is 0 Å². The first kappa shape index (κ1) is 21.0. The topological polar surface area (TPSA) is 63.3 Å². The maximum Gasteiger partial charge on any atom is 0.258 e. The second kappa shape index (κ2) is 9.09. The minimum atomic E-state index is -0.241. The summed E-state index contributed by atoms with van der Waals surface area (Å²) in [5.41, 5.74) is 3.69. The molecule has 1 amide bonds. The molecule has 27 heavy (non-hydrogen) atoms. The standard InChI is InChI=1S/C21H28ClN3O2/c1-7-16(8-2)25-17-11-14(5)24-21(18(17)20(26)23-6)27-19-12(3)9-15(22)10-13(19)4/h9-11,16H,7-8H2,1-6H3,(H,23,26)(H,24,25). The summed E-state index contributed by atoms with van der Waals surface area (Å²) in [6.45, 7) is 9.97. The lowest BCUT2D eigenvalue weighted by Crippen LogP contribution is -2.24. The Morgan fingerprint density at radius 2 is 1.74 bits per heavy atom. The number of anilines is 1. The summed E-state index contributed by atoms with van der Waals surface area (Å²) in [4.78, 5) is 17.2. The van der Waals surface area contributed by atoms with E-state index in [9.17, 15) is 4.79 Å². The first-order valence-electron chi connectivity index (χ1n) is 9.25. The van der Waals surface area contributed by atoms with Gasteiger partial charge in [-0.25, -0.2) is 4.98 Å². The molecule has 1 heterocycles. The van der Waals surface area contributed by atoms with Gasteiger partial charge in [0.05, 0.1) is 5.69 Å². The number of carbonyl (C=O) groups excluding carboxylic acids is 1. The van der Waals surface area contributed by atoms with Gasteiger partial charge in [0, 0.05) is 23.8 Å². The molecule has 2 aromatic rings. The zero-order chi connectivity index (χ0) is 20.1. The first-order chi connectivity index (χ1) is 12.8. The number of pyridine rings is 1. The molecule has 0 aliphatic heterocycles. The number of halogens is 1. The molecule has 1 aromatic carbocycles. The predicted molar refractivity (Wildman–Crippen MR) is 111 cm³/mol. The highest BCUT2D eigenvalue weighted by Gasteiger charge is 2.22. The zero-order valence-electron chi connectivity index (χ0n) is 16.9. The Kier molecular flexibility index (Phi) is 7.08. The molecule has 1 aromatic heterocycles. The molecular formula is C21H28ClN3O2. The number of hydrogen-bond donors (Lipinski definition) is 2. The van der Waals surface area contributed by atoms with Crippen LogP contribution in [0.1, 0.15) is 53.9 Å². The van der Waals surface area contributed by atoms with Gasteiger partial charge in [0.1, 0.15) is 11.3 Å². The molecule has 0 spiro atoms. The molecule has 0 bridgehead atoms. The van der Waals surface area contributed by atoms with E-state index in [0.29, 0.717) is 16.3 Å². The predicted octanol–water partition coefficient (Wildman–Crippen LogP) is 5.41. The van der Waals surface area contributed by atoms with E-state index in [0.717, 1.165) is 35.3 Å². The molecule has 0 aliphatic carbocycles. The summed E-state index contributed by atoms with van der Waals surface area (Å²) in [7, 11) is 1.60. The maximum absolute atomic E-state index is 12.6. The second-order valence-electron chi connectivity index (χ2n) is 6.70. The van der Waals surface area contributed by atoms with Crippen molar-refractivity contribution >= 4 is 23.2 Å². The molecule has 0 saturated carbocycles. The van der Waals surface area contributed by atoms with Crippen LogP contribution in [0.4, 0.5) is 5.69 Å². The van der Waals surface area contributed by atoms with Crippen LogP contribution < -0.4 is 15.4 Å². The molecule has 2 N–H and O–H groups in total. The Bertz CT molecular complexity index is 809. The number of nitrogens with one attached hydrogen (secondary N) is 2. The largest absolute Gasteiger partial charge is 0.438 e. The molecule has 6 heteroatoms. The van der Waals surface area contributed by atoms with Gasteiger partial charge in [0.2, 0.25) is 5.88 Å². The van der Waals surface area contributed by atoms with Gasteiger partial charge in [0.15, 0.2) is 0 Å². The molecule has 0 atom stereocenters. The summed E-state index contributed by atoms with van der Waals surface area (Å²) >= 11 is 6.12. The second-order valence-corrected chi connectivity index (χ2v) is 7.14. The summed E-state index contributed by atoms with van der Waals surface area (Å²) in [5.74, 6) is 0.711. The van der Waals surface area contributed by atoms with Gasteiger partial charge in [-0.1, -0.05) is 25.4 Å². The summed E-state index contributed by atoms with van der Waals surface area (Å²) < 4.78 is 6.15. The van der Waals surface area contributed by atoms with Crippen LogP contribution in [0.2, 0.25) is 5.02 Å². The molecular weight excluding hydrogens is 362 g/mol. The molecule has 2 rings (SSSR count). The average Bonchev–Trinajstić information content (AvgIpc) is 2.61. The number of ether oxygens (including phenoxy) is 1. The van der Waals surface area contributed by atoms with Crippen LogP contribution in [0.3, 0.4) is 0 Å². The van der Waals surface area contributed by atoms with Crippen molar-refractivity contribution in [2.75, 3.05) is 12.4 Å². The maximum atomic E-state index is 12.6. The molecule has 146 valence electrons. The number of carbonyl (C=O) groups is 1. The Morgan fingerprint density at radius 1 is 1.15 bits per heavy atom. The third-order valence-corrected chi connectivity index (χ3v) is 4.76. The van der Waals surface area contributed by atoms with E-state index >= 15 is 0 Å². The van der Waals surface area contributed by atoms with Crippen LogP contribution in [0, 0.1) is 20.8 Å². The Hall–Kier alpha value is -2.27. The zero-order valence-corrected chi connectivity index (χ0v) is 17.6. The van der Waals surface area contributed by atoms with Crippen molar-refractivity contribution in [1.29, 1.82) is 0 Å². The highest BCUT2D eigenvalue weighted by molar-refractivity contribution is 6.30. The van der Waals surface area contributed by atoms with Gasteiger partial charge in [-0.2, -0.15) is 0 Å². The van der Waals surface area contributed by atoms with Gasteiger partial charge in [-0.3, -0.25) is 4.79 Å². The summed E-state index contributed by atoms with van der Waals surface area (Å²) in [6, 6.07) is 5.82. The third-order valence-electron chi connectivity index (χ3n) is 4.54. The van der Waals surface area contributed by atoms with Crippen molar-refractivity contribution in [2.45, 2.75) is 53.5 Å². The van der Waals surface area contributed by atoms with Crippen LogP contribution in [0.5, 0.6) is 11.6 Å². The first-order valence-corrected chi connectivity index (χ1v) is 9.63. The highest BCUT2D eigenvalue weighted by Crippen LogP contribution is 2.35. The van der Waals surface area contributed by atoms with Crippen LogP contribution in [-0.4, -0.2) is 24.0 Å². The summed E-state index contributed by atoms with van der Waals surface area (Å²) in [6.07, 6.45) is 1.91. The van der Waals surface area contributed by atoms with Gasteiger partial charge in [0.25, 0.3) is 5.91 Å². The fraction of sp³-hybridized carbons (Fsp3) is 0.429. The molecule has 0 fully saturated rings. The monoisotopic (exact) mass is 389 g/mol. The lowest BCUT2D eigenvalue weighted by molar-refractivity contribution is 0.0961. The molecule has 0 saturated heterocycles. The van der Waals surface area contributed by atoms with Crippen molar-refractivity contribution < 1.29 is 9.53 Å². The number of hydrogen-bond acceptors (Lipinski definition) is 4. The number of rotatable bonds is 7. The van der Waals surface area contributed by atoms with Gasteiger partial charge < -0.3 is 15.4 Å². The Labute approximate surface area is 166 Å². The molecule has 5 nitrogen and oxygen atoms in total. The average molecular weight is 390 g/mol. The van der Waals surface area contributed by atoms with Crippen LogP contribution in [0.15, 0.2) is 18.2 Å². The minimum Gasteiger partial charge on any atom is -0.438 e. The quantitative estimate of drug-likeness (QED) is 0.664. The van der Waals surface area contributed by atoms with E-state index in [1.165, 1.54) is 0 Å². The minimum absolute atomic E-state index is 0.241. The fourth-order valence-corrected chi connectivity index (χ4v) is 3.37. The summed E-state index contributed by atoms with van der Waals surface area (Å²) in [5, 5.41) is 6.81. The van der Waals surface area contributed by atoms with Crippen molar-refractivity contribution in [1.82, 2.24) is 10.3 Å². The van der Waals surface area contributed by atoms with Gasteiger partial charge in [-0.15, -0.1) is 0 Å². The van der Waals surface area contributed by atoms with Crippen molar-refractivity contribution in [3.05, 3.63) is 45.6 Å². The van der Waals surface area contributed by atoms with E-state index in [1.54, 1.807) is 7.05 Å². The lowest BCUT2D eigenvalue weighted by Gasteiger charge is -2.21. The number of aromatic nitrogens is 1. The normalized spacial score (nSPS) is 10.8. The van der Waals surface area contributed by atoms with E-state index in [1.807, 2.05) is 39.0 Å². The number of aryl methyl sites for hydroxylation is 3. The van der Waals surface area contributed by atoms with Crippen molar-refractivity contribution in [3.8, 4) is 11.6 Å². The van der Waals surface area contributed by atoms with Crippen LogP contribution >= 0.6 is 11.6 Å². The molecule has 0 aliphatic rings. The smallest absolute Gasteiger partial charge is 0.258 e. The number of nitrogens with zero attached hydrogens (tertiary/aromatic N) is 1. The Morgan fingerprint density at radius 3 is 2.26 bits per heavy atom. The van der Waals surface area contributed by atoms with Gasteiger partial charge in [-0.05, 0) is 62.9 Å². The van der Waals surface area contributed by atoms with E-state index in [-0.39, 0.29) is 17.8 Å². The SMILES string of the molecule is CCC(CC)Nc1cc(C)nc(Oc2c(C)cc(Cl)cc2C)c1C(=O)NC. The van der Waals surface area contributed by atoms with Crippen molar-refractivity contribution in [3.63, 3.8) is 0 Å². The highest BCUT2D eigenvalue weighted by atomic mass is 35.5. The molecule has 0 unspecified atom stereocenters. The molecule has 0 radical (unpaired) electrons. The van der Waals surface area contributed by atoms with Gasteiger partial charge >= 0.3 is 0 Å². The lowest BCUT2D eigenvalue weighted by atomic mass is 10.1. The number of benzene rings is 1. The number of amides is 1.